The normalized spacial score (nSPS) is 18.4. The van der Waals surface area contributed by atoms with Gasteiger partial charge in [-0.05, 0) is 59.2 Å². The fourth-order valence-electron chi connectivity index (χ4n) is 3.38. The fraction of sp³-hybridized carbons (Fsp3) is 0.381. The number of fused-ring (bicyclic) bond motifs is 1. The van der Waals surface area contributed by atoms with Gasteiger partial charge < -0.3 is 19.4 Å². The average molecular weight is 367 g/mol. The summed E-state index contributed by atoms with van der Waals surface area (Å²) in [6.45, 7) is 4.72. The van der Waals surface area contributed by atoms with Crippen molar-refractivity contribution in [1.82, 2.24) is 0 Å². The minimum Gasteiger partial charge on any atom is -0.545 e. The molecule has 1 aliphatic rings. The Hall–Kier alpha value is -2.57. The first-order chi connectivity index (χ1) is 12.9. The molecule has 0 fully saturated rings. The second-order valence-corrected chi connectivity index (χ2v) is 7.29. The van der Waals surface area contributed by atoms with Crippen LogP contribution in [0, 0.1) is 0 Å². The minimum absolute atomic E-state index is 0.0227. The summed E-state index contributed by atoms with van der Waals surface area (Å²) in [5, 5.41) is 19.3. The number of aromatic carboxylic acids is 1. The van der Waals surface area contributed by atoms with E-state index in [2.05, 4.69) is 30.1 Å². The Labute approximate surface area is 158 Å². The zero-order chi connectivity index (χ0) is 19.4. The van der Waals surface area contributed by atoms with E-state index in [1.807, 2.05) is 12.1 Å². The molecule has 142 valence electrons. The maximum absolute atomic E-state index is 10.8. The quantitative estimate of drug-likeness (QED) is 0.566. The van der Waals surface area contributed by atoms with Gasteiger partial charge in [0.1, 0.15) is 6.79 Å². The minimum atomic E-state index is -1.21. The number of azo groups is 1. The van der Waals surface area contributed by atoms with Crippen LogP contribution >= 0.6 is 0 Å². The molecule has 0 aromatic heterocycles. The number of carbonyl (C=O) groups excluding carboxylic acids is 1. The summed E-state index contributed by atoms with van der Waals surface area (Å²) in [4.78, 5) is 10.8. The third-order valence-electron chi connectivity index (χ3n) is 4.91. The van der Waals surface area contributed by atoms with E-state index in [1.165, 1.54) is 17.7 Å². The van der Waals surface area contributed by atoms with Crippen LogP contribution in [0.3, 0.4) is 0 Å². The molecule has 1 unspecified atom stereocenters. The highest BCUT2D eigenvalue weighted by molar-refractivity contribution is 5.86. The monoisotopic (exact) mass is 367 g/mol. The van der Waals surface area contributed by atoms with Gasteiger partial charge in [-0.25, -0.2) is 0 Å². The first-order valence-corrected chi connectivity index (χ1v) is 8.89. The molecule has 1 aliphatic carbocycles. The molecule has 0 radical (unpaired) electrons. The van der Waals surface area contributed by atoms with Crippen LogP contribution < -0.4 is 5.11 Å². The first kappa shape index (κ1) is 19.2. The van der Waals surface area contributed by atoms with Gasteiger partial charge in [-0.1, -0.05) is 32.0 Å². The van der Waals surface area contributed by atoms with Gasteiger partial charge in [0.15, 0.2) is 0 Å². The predicted molar refractivity (Wildman–Crippen MR) is 99.4 cm³/mol. The lowest BCUT2D eigenvalue weighted by molar-refractivity contribution is -0.255. The summed E-state index contributed by atoms with van der Waals surface area (Å²) < 4.78 is 10.9. The van der Waals surface area contributed by atoms with E-state index in [-0.39, 0.29) is 23.9 Å². The molecule has 2 aromatic carbocycles. The molecule has 1 atom stereocenters. The molecule has 0 heterocycles. The summed E-state index contributed by atoms with van der Waals surface area (Å²) in [5.41, 5.74) is 3.87. The number of methoxy groups -OCH3 is 1. The van der Waals surface area contributed by atoms with Gasteiger partial charge in [-0.3, -0.25) is 0 Å². The van der Waals surface area contributed by atoms with Gasteiger partial charge in [0.05, 0.1) is 23.4 Å². The lowest BCUT2D eigenvalue weighted by atomic mass is 9.71. The average Bonchev–Trinajstić information content (AvgIpc) is 2.66. The summed E-state index contributed by atoms with van der Waals surface area (Å²) >= 11 is 0. The second kappa shape index (κ2) is 7.98. The molecule has 2 aromatic rings. The number of benzene rings is 2. The van der Waals surface area contributed by atoms with Gasteiger partial charge >= 0.3 is 0 Å². The first-order valence-electron chi connectivity index (χ1n) is 8.89. The fourth-order valence-corrected chi connectivity index (χ4v) is 3.38. The van der Waals surface area contributed by atoms with Crippen molar-refractivity contribution >= 4 is 17.3 Å². The molecule has 0 bridgehead atoms. The van der Waals surface area contributed by atoms with Gasteiger partial charge in [0.25, 0.3) is 0 Å². The van der Waals surface area contributed by atoms with Crippen molar-refractivity contribution in [3.63, 3.8) is 0 Å². The van der Waals surface area contributed by atoms with E-state index in [0.717, 1.165) is 24.1 Å². The van der Waals surface area contributed by atoms with Gasteiger partial charge in [-0.2, -0.15) is 10.2 Å². The van der Waals surface area contributed by atoms with Crippen molar-refractivity contribution in [2.75, 3.05) is 13.9 Å². The highest BCUT2D eigenvalue weighted by Gasteiger charge is 2.33. The van der Waals surface area contributed by atoms with Crippen molar-refractivity contribution in [3.8, 4) is 0 Å². The Morgan fingerprint density at radius 1 is 1.15 bits per heavy atom. The Kier molecular flexibility index (Phi) is 5.68. The van der Waals surface area contributed by atoms with Crippen molar-refractivity contribution in [1.29, 1.82) is 0 Å². The highest BCUT2D eigenvalue weighted by Crippen LogP contribution is 2.44. The third kappa shape index (κ3) is 4.40. The Morgan fingerprint density at radius 3 is 2.48 bits per heavy atom. The molecule has 6 nitrogen and oxygen atoms in total. The largest absolute Gasteiger partial charge is 0.545 e. The van der Waals surface area contributed by atoms with Crippen molar-refractivity contribution < 1.29 is 19.4 Å². The standard InChI is InChI=1S/C21H24N2O4/c1-21(2)11-10-19(27-13-26-3)17-12-16(8-9-18(17)21)23-22-15-6-4-14(5-7-15)20(24)25/h4-9,12,19H,10-11,13H2,1-3H3,(H,24,25)/p-1. The van der Waals surface area contributed by atoms with Crippen LogP contribution in [0.25, 0.3) is 0 Å². The molecule has 6 heteroatoms. The zero-order valence-corrected chi connectivity index (χ0v) is 15.8. The molecule has 0 spiro atoms. The summed E-state index contributed by atoms with van der Waals surface area (Å²) in [6, 6.07) is 12.1. The number of hydrogen-bond donors (Lipinski definition) is 0. The van der Waals surface area contributed by atoms with Crippen molar-refractivity contribution in [3.05, 3.63) is 59.2 Å². The third-order valence-corrected chi connectivity index (χ3v) is 4.91. The smallest absolute Gasteiger partial charge is 0.147 e. The van der Waals surface area contributed by atoms with Crippen LogP contribution in [0.5, 0.6) is 0 Å². The van der Waals surface area contributed by atoms with Crippen LogP contribution in [0.4, 0.5) is 11.4 Å². The van der Waals surface area contributed by atoms with E-state index in [0.29, 0.717) is 5.69 Å². The number of hydrogen-bond acceptors (Lipinski definition) is 6. The van der Waals surface area contributed by atoms with Gasteiger partial charge in [-0.15, -0.1) is 0 Å². The maximum Gasteiger partial charge on any atom is 0.147 e. The Balaban J connectivity index is 1.85. The lowest BCUT2D eigenvalue weighted by Crippen LogP contribution is -2.27. The van der Waals surface area contributed by atoms with Gasteiger partial charge in [0, 0.05) is 7.11 Å². The SMILES string of the molecule is COCOC1CCC(C)(C)c2ccc(N=Nc3ccc(C(=O)[O-])cc3)cc21. The molecule has 0 saturated heterocycles. The molecular formula is C21H23N2O4-. The number of carboxylic acid groups (broad SMARTS) is 1. The van der Waals surface area contributed by atoms with E-state index in [1.54, 1.807) is 19.2 Å². The highest BCUT2D eigenvalue weighted by atomic mass is 16.7. The summed E-state index contributed by atoms with van der Waals surface area (Å²) in [5.74, 6) is -1.21. The van der Waals surface area contributed by atoms with Crippen molar-refractivity contribution in [2.24, 2.45) is 10.2 Å². The molecular weight excluding hydrogens is 344 g/mol. The van der Waals surface area contributed by atoms with Crippen LogP contribution in [0.2, 0.25) is 0 Å². The number of ether oxygens (including phenoxy) is 2. The summed E-state index contributed by atoms with van der Waals surface area (Å²) in [6.07, 6.45) is 1.94. The van der Waals surface area contributed by atoms with Crippen LogP contribution in [-0.2, 0) is 14.9 Å². The molecule has 0 saturated carbocycles. The topological polar surface area (TPSA) is 83.3 Å². The predicted octanol–water partition coefficient (Wildman–Crippen LogP) is 4.20. The van der Waals surface area contributed by atoms with E-state index in [9.17, 15) is 9.90 Å². The molecule has 0 aliphatic heterocycles. The molecule has 3 rings (SSSR count). The van der Waals surface area contributed by atoms with E-state index in [4.69, 9.17) is 9.47 Å². The molecule has 0 N–H and O–H groups in total. The number of carbonyl (C=O) groups is 1. The van der Waals surface area contributed by atoms with Crippen molar-refractivity contribution in [2.45, 2.75) is 38.2 Å². The van der Waals surface area contributed by atoms with Crippen LogP contribution in [0.1, 0.15) is 54.3 Å². The Morgan fingerprint density at radius 2 is 1.81 bits per heavy atom. The number of nitrogens with zero attached hydrogens (tertiary/aromatic N) is 2. The Bertz CT molecular complexity index is 844. The van der Waals surface area contributed by atoms with Crippen LogP contribution in [0.15, 0.2) is 52.7 Å². The second-order valence-electron chi connectivity index (χ2n) is 7.29. The lowest BCUT2D eigenvalue weighted by Gasteiger charge is -2.37. The van der Waals surface area contributed by atoms with E-state index >= 15 is 0 Å². The summed E-state index contributed by atoms with van der Waals surface area (Å²) in [7, 11) is 1.62. The van der Waals surface area contributed by atoms with Gasteiger partial charge in [0.2, 0.25) is 0 Å². The van der Waals surface area contributed by atoms with Crippen LogP contribution in [-0.4, -0.2) is 19.9 Å². The zero-order valence-electron chi connectivity index (χ0n) is 15.8. The molecule has 27 heavy (non-hydrogen) atoms. The molecule has 0 amide bonds. The number of carboxylic acids is 1. The van der Waals surface area contributed by atoms with E-state index < -0.39 is 5.97 Å². The number of rotatable bonds is 6. The maximum atomic E-state index is 10.8.